The third kappa shape index (κ3) is 4.04. The molecule has 2 N–H and O–H groups in total. The summed E-state index contributed by atoms with van der Waals surface area (Å²) in [4.78, 5) is 18.0. The van der Waals surface area contributed by atoms with E-state index >= 15 is 0 Å². The molecule has 1 aliphatic carbocycles. The van der Waals surface area contributed by atoms with Gasteiger partial charge in [-0.25, -0.2) is 4.98 Å². The fourth-order valence-electron chi connectivity index (χ4n) is 4.44. The first-order valence-electron chi connectivity index (χ1n) is 11.3. The molecular formula is C26H27N5O. The van der Waals surface area contributed by atoms with Crippen LogP contribution in [0.5, 0.6) is 0 Å². The van der Waals surface area contributed by atoms with E-state index in [0.717, 1.165) is 48.6 Å². The van der Waals surface area contributed by atoms with E-state index in [4.69, 9.17) is 4.98 Å². The summed E-state index contributed by atoms with van der Waals surface area (Å²) >= 11 is 0. The third-order valence-corrected chi connectivity index (χ3v) is 6.53. The molecule has 3 aromatic rings. The summed E-state index contributed by atoms with van der Waals surface area (Å²) in [5.74, 6) is 1.55. The van der Waals surface area contributed by atoms with E-state index < -0.39 is 0 Å². The molecule has 1 aliphatic heterocycles. The number of nitrogens with one attached hydrogen (secondary N) is 2. The maximum Gasteiger partial charge on any atom is 0.293 e. The topological polar surface area (TPSA) is 82.7 Å². The van der Waals surface area contributed by atoms with Crippen LogP contribution in [0.3, 0.4) is 0 Å². The fraction of sp³-hybridized carbons (Fsp3) is 0.346. The summed E-state index contributed by atoms with van der Waals surface area (Å²) in [7, 11) is 1.81. The zero-order chi connectivity index (χ0) is 22.1. The highest BCUT2D eigenvalue weighted by Gasteiger charge is 2.24. The van der Waals surface area contributed by atoms with Crippen molar-refractivity contribution in [2.45, 2.75) is 25.2 Å². The van der Waals surface area contributed by atoms with Gasteiger partial charge in [-0.1, -0.05) is 36.4 Å². The summed E-state index contributed by atoms with van der Waals surface area (Å²) in [5.41, 5.74) is 5.20. The van der Waals surface area contributed by atoms with Gasteiger partial charge in [0.25, 0.3) is 5.56 Å². The van der Waals surface area contributed by atoms with E-state index in [1.165, 1.54) is 18.4 Å². The maximum atomic E-state index is 13.2. The summed E-state index contributed by atoms with van der Waals surface area (Å²) in [5, 5.41) is 15.8. The Balaban J connectivity index is 1.58. The molecule has 1 atom stereocenters. The Morgan fingerprint density at radius 2 is 1.81 bits per heavy atom. The Labute approximate surface area is 187 Å². The molecule has 2 aliphatic rings. The van der Waals surface area contributed by atoms with Crippen molar-refractivity contribution in [1.29, 1.82) is 5.26 Å². The lowest BCUT2D eigenvalue weighted by Gasteiger charge is -2.18. The van der Waals surface area contributed by atoms with Gasteiger partial charge in [-0.05, 0) is 61.9 Å². The van der Waals surface area contributed by atoms with E-state index in [-0.39, 0.29) is 5.56 Å². The first-order valence-corrected chi connectivity index (χ1v) is 11.3. The Kier molecular flexibility index (Phi) is 5.50. The Hall–Kier alpha value is -3.43. The van der Waals surface area contributed by atoms with Crippen molar-refractivity contribution in [3.8, 4) is 28.6 Å². The van der Waals surface area contributed by atoms with Crippen LogP contribution in [0.2, 0.25) is 0 Å². The van der Waals surface area contributed by atoms with Gasteiger partial charge in [0, 0.05) is 24.7 Å². The molecule has 5 rings (SSSR count). The minimum atomic E-state index is -0.130. The van der Waals surface area contributed by atoms with Gasteiger partial charge < -0.3 is 15.2 Å². The molecule has 0 spiro atoms. The van der Waals surface area contributed by atoms with Gasteiger partial charge in [0.05, 0.1) is 23.0 Å². The van der Waals surface area contributed by atoms with Crippen molar-refractivity contribution in [3.05, 3.63) is 70.0 Å². The highest BCUT2D eigenvalue weighted by Crippen LogP contribution is 2.41. The quantitative estimate of drug-likeness (QED) is 0.626. The number of aromatic nitrogens is 2. The van der Waals surface area contributed by atoms with E-state index in [2.05, 4.69) is 41.0 Å². The third-order valence-electron chi connectivity index (χ3n) is 6.53. The van der Waals surface area contributed by atoms with Crippen molar-refractivity contribution in [2.75, 3.05) is 25.0 Å². The van der Waals surface area contributed by atoms with Gasteiger partial charge in [-0.2, -0.15) is 5.26 Å². The number of hydrogen-bond donors (Lipinski definition) is 2. The highest BCUT2D eigenvalue weighted by atomic mass is 16.1. The molecule has 0 amide bonds. The minimum absolute atomic E-state index is 0.130. The van der Waals surface area contributed by atoms with Crippen LogP contribution < -0.4 is 16.2 Å². The summed E-state index contributed by atoms with van der Waals surface area (Å²) in [6.45, 7) is 2.70. The van der Waals surface area contributed by atoms with Crippen molar-refractivity contribution in [1.82, 2.24) is 14.9 Å². The van der Waals surface area contributed by atoms with Gasteiger partial charge in [-0.15, -0.1) is 0 Å². The molecule has 32 heavy (non-hydrogen) atoms. The van der Waals surface area contributed by atoms with Crippen molar-refractivity contribution in [3.63, 3.8) is 0 Å². The molecular weight excluding hydrogens is 398 g/mol. The molecule has 6 nitrogen and oxygen atoms in total. The Morgan fingerprint density at radius 3 is 2.44 bits per heavy atom. The zero-order valence-corrected chi connectivity index (χ0v) is 18.3. The van der Waals surface area contributed by atoms with Crippen molar-refractivity contribution < 1.29 is 0 Å². The standard InChI is InChI=1S/C26H27N5O/c1-31-24(22-10-8-20(9-11-22)19-6-7-19)23(21-4-2-17(14-27)3-5-21)30-25(26(31)32)29-16-18-12-13-28-15-18/h2-5,8-11,18-19,28H,6-7,12-13,15-16H2,1H3,(H,29,30)/t18-/m1/s1. The van der Waals surface area contributed by atoms with Crippen LogP contribution in [0, 0.1) is 17.2 Å². The van der Waals surface area contributed by atoms with Crippen molar-refractivity contribution in [2.24, 2.45) is 13.0 Å². The monoisotopic (exact) mass is 425 g/mol. The predicted molar refractivity (Wildman–Crippen MR) is 127 cm³/mol. The van der Waals surface area contributed by atoms with E-state index in [1.54, 1.807) is 16.7 Å². The van der Waals surface area contributed by atoms with Gasteiger partial charge in [-0.3, -0.25) is 4.79 Å². The molecule has 2 heterocycles. The number of anilines is 1. The molecule has 1 aromatic heterocycles. The van der Waals surface area contributed by atoms with Gasteiger partial charge in [0.1, 0.15) is 0 Å². The number of rotatable bonds is 6. The van der Waals surface area contributed by atoms with Crippen LogP contribution in [0.1, 0.15) is 36.3 Å². The SMILES string of the molecule is Cn1c(-c2ccc(C3CC3)cc2)c(-c2ccc(C#N)cc2)nc(NC[C@@H]2CCNC2)c1=O. The second-order valence-electron chi connectivity index (χ2n) is 8.85. The molecule has 2 fully saturated rings. The van der Waals surface area contributed by atoms with Crippen LogP contribution in [-0.2, 0) is 7.05 Å². The summed E-state index contributed by atoms with van der Waals surface area (Å²) < 4.78 is 1.70. The molecule has 6 heteroatoms. The van der Waals surface area contributed by atoms with Crippen molar-refractivity contribution >= 4 is 5.82 Å². The van der Waals surface area contributed by atoms with Crippen LogP contribution in [0.4, 0.5) is 5.82 Å². The lowest BCUT2D eigenvalue weighted by Crippen LogP contribution is -2.27. The normalized spacial score (nSPS) is 17.8. The number of benzene rings is 2. The predicted octanol–water partition coefficient (Wildman–Crippen LogP) is 3.88. The Morgan fingerprint density at radius 1 is 1.09 bits per heavy atom. The first kappa shape index (κ1) is 20.5. The van der Waals surface area contributed by atoms with Gasteiger partial charge in [0.15, 0.2) is 5.82 Å². The van der Waals surface area contributed by atoms with Crippen LogP contribution in [0.25, 0.3) is 22.5 Å². The van der Waals surface area contributed by atoms with Gasteiger partial charge in [0.2, 0.25) is 0 Å². The van der Waals surface area contributed by atoms with E-state index in [0.29, 0.717) is 23.2 Å². The average Bonchev–Trinajstić information content (AvgIpc) is 3.55. The number of nitriles is 1. The summed E-state index contributed by atoms with van der Waals surface area (Å²) in [6, 6.07) is 18.1. The second-order valence-corrected chi connectivity index (χ2v) is 8.85. The maximum absolute atomic E-state index is 13.2. The highest BCUT2D eigenvalue weighted by molar-refractivity contribution is 5.79. The summed E-state index contributed by atoms with van der Waals surface area (Å²) in [6.07, 6.45) is 3.61. The second kappa shape index (κ2) is 8.60. The lowest BCUT2D eigenvalue weighted by molar-refractivity contribution is 0.613. The van der Waals surface area contributed by atoms with Crippen LogP contribution >= 0.6 is 0 Å². The minimum Gasteiger partial charge on any atom is -0.365 e. The molecule has 1 saturated heterocycles. The molecule has 162 valence electrons. The number of hydrogen-bond acceptors (Lipinski definition) is 5. The molecule has 1 saturated carbocycles. The molecule has 0 unspecified atom stereocenters. The van der Waals surface area contributed by atoms with E-state index in [9.17, 15) is 10.1 Å². The number of nitrogens with zero attached hydrogens (tertiary/aromatic N) is 3. The Bertz CT molecular complexity index is 1210. The lowest BCUT2D eigenvalue weighted by atomic mass is 10.0. The molecule has 0 radical (unpaired) electrons. The van der Waals surface area contributed by atoms with Gasteiger partial charge >= 0.3 is 0 Å². The van der Waals surface area contributed by atoms with Crippen LogP contribution in [-0.4, -0.2) is 29.2 Å². The fourth-order valence-corrected chi connectivity index (χ4v) is 4.44. The van der Waals surface area contributed by atoms with E-state index in [1.807, 2.05) is 19.2 Å². The van der Waals surface area contributed by atoms with Crippen LogP contribution in [0.15, 0.2) is 53.3 Å². The molecule has 2 aromatic carbocycles. The largest absolute Gasteiger partial charge is 0.365 e. The first-order chi connectivity index (χ1) is 15.6. The zero-order valence-electron chi connectivity index (χ0n) is 18.3. The smallest absolute Gasteiger partial charge is 0.293 e. The molecule has 0 bridgehead atoms. The average molecular weight is 426 g/mol.